The van der Waals surface area contributed by atoms with Crippen LogP contribution in [0.3, 0.4) is 0 Å². The average molecular weight is 654 g/mol. The number of anilines is 3. The van der Waals surface area contributed by atoms with Crippen molar-refractivity contribution in [2.45, 2.75) is 0 Å². The monoisotopic (exact) mass is 653 g/mol. The van der Waals surface area contributed by atoms with Gasteiger partial charge in [-0.2, -0.15) is 0 Å². The fraction of sp³-hybridized carbons (Fsp3) is 0. The van der Waals surface area contributed by atoms with Crippen molar-refractivity contribution in [1.29, 1.82) is 0 Å². The van der Waals surface area contributed by atoms with E-state index in [-0.39, 0.29) is 0 Å². The zero-order valence-corrected chi connectivity index (χ0v) is 27.7. The molecule has 2 heterocycles. The molecule has 3 heteroatoms. The standard InChI is InChI=1S/C48H31NO2/c1-3-13-32(14-4-1)35-17-11-18-36(31-35)33-25-27-37(28-26-33)49(42-22-12-21-40-39-19-7-9-23-44(39)50-47(40)42)43-30-29-38(34-15-5-2-6-16-34)46-41-20-8-10-24-45(41)51-48(43)46/h1-31H. The number of para-hydroxylation sites is 3. The molecule has 0 radical (unpaired) electrons. The lowest BCUT2D eigenvalue weighted by molar-refractivity contribution is 0.666. The summed E-state index contributed by atoms with van der Waals surface area (Å²) in [6, 6.07) is 66.0. The molecule has 0 aliphatic carbocycles. The first kappa shape index (κ1) is 29.1. The summed E-state index contributed by atoms with van der Waals surface area (Å²) >= 11 is 0. The minimum Gasteiger partial charge on any atom is -0.454 e. The highest BCUT2D eigenvalue weighted by Gasteiger charge is 2.25. The van der Waals surface area contributed by atoms with E-state index >= 15 is 0 Å². The van der Waals surface area contributed by atoms with Gasteiger partial charge >= 0.3 is 0 Å². The van der Waals surface area contributed by atoms with E-state index in [4.69, 9.17) is 8.83 Å². The van der Waals surface area contributed by atoms with Crippen molar-refractivity contribution in [3.63, 3.8) is 0 Å². The van der Waals surface area contributed by atoms with Crippen LogP contribution in [0.25, 0.3) is 77.3 Å². The van der Waals surface area contributed by atoms with E-state index in [1.807, 2.05) is 18.2 Å². The maximum atomic E-state index is 6.82. The summed E-state index contributed by atoms with van der Waals surface area (Å²) in [4.78, 5) is 2.29. The molecule has 0 aliphatic heterocycles. The first-order chi connectivity index (χ1) is 25.3. The quantitative estimate of drug-likeness (QED) is 0.179. The molecule has 0 amide bonds. The van der Waals surface area contributed by atoms with Crippen molar-refractivity contribution in [1.82, 2.24) is 0 Å². The second-order valence-corrected chi connectivity index (χ2v) is 12.9. The van der Waals surface area contributed by atoms with Crippen molar-refractivity contribution < 1.29 is 8.83 Å². The maximum Gasteiger partial charge on any atom is 0.160 e. The number of fused-ring (bicyclic) bond motifs is 6. The molecule has 0 atom stereocenters. The third kappa shape index (κ3) is 4.90. The van der Waals surface area contributed by atoms with Gasteiger partial charge in [-0.3, -0.25) is 0 Å². The fourth-order valence-electron chi connectivity index (χ4n) is 7.48. The van der Waals surface area contributed by atoms with E-state index in [0.29, 0.717) is 0 Å². The lowest BCUT2D eigenvalue weighted by Crippen LogP contribution is -2.10. The largest absolute Gasteiger partial charge is 0.454 e. The van der Waals surface area contributed by atoms with E-state index in [1.165, 1.54) is 16.7 Å². The summed E-state index contributed by atoms with van der Waals surface area (Å²) in [5.74, 6) is 0. The molecular weight excluding hydrogens is 623 g/mol. The molecule has 10 aromatic rings. The minimum absolute atomic E-state index is 0.824. The van der Waals surface area contributed by atoms with E-state index in [9.17, 15) is 0 Å². The van der Waals surface area contributed by atoms with Crippen LogP contribution < -0.4 is 4.90 Å². The zero-order chi connectivity index (χ0) is 33.7. The molecule has 0 unspecified atom stereocenters. The Labute approximate surface area is 295 Å². The lowest BCUT2D eigenvalue weighted by atomic mass is 9.97. The number of hydrogen-bond donors (Lipinski definition) is 0. The van der Waals surface area contributed by atoms with Crippen LogP contribution in [-0.2, 0) is 0 Å². The molecule has 10 rings (SSSR count). The lowest BCUT2D eigenvalue weighted by Gasteiger charge is -2.26. The molecule has 8 aromatic carbocycles. The Kier molecular flexibility index (Phi) is 6.81. The van der Waals surface area contributed by atoms with Crippen LogP contribution in [0.1, 0.15) is 0 Å². The van der Waals surface area contributed by atoms with Crippen molar-refractivity contribution in [2.75, 3.05) is 4.90 Å². The van der Waals surface area contributed by atoms with Crippen molar-refractivity contribution >= 4 is 60.9 Å². The second kappa shape index (κ2) is 11.9. The number of rotatable bonds is 6. The van der Waals surface area contributed by atoms with Gasteiger partial charge in [0.25, 0.3) is 0 Å². The molecule has 240 valence electrons. The summed E-state index contributed by atoms with van der Waals surface area (Å²) < 4.78 is 13.5. The number of hydrogen-bond acceptors (Lipinski definition) is 3. The molecular formula is C48H31NO2. The van der Waals surface area contributed by atoms with Crippen molar-refractivity contribution in [3.8, 4) is 33.4 Å². The predicted molar refractivity (Wildman–Crippen MR) is 212 cm³/mol. The molecule has 0 N–H and O–H groups in total. The van der Waals surface area contributed by atoms with E-state index in [0.717, 1.165) is 77.6 Å². The van der Waals surface area contributed by atoms with E-state index < -0.39 is 0 Å². The number of nitrogens with zero attached hydrogens (tertiary/aromatic N) is 1. The van der Waals surface area contributed by atoms with Gasteiger partial charge in [0.15, 0.2) is 11.2 Å². The molecule has 0 saturated heterocycles. The normalized spacial score (nSPS) is 11.5. The average Bonchev–Trinajstić information content (AvgIpc) is 3.79. The smallest absolute Gasteiger partial charge is 0.160 e. The Morgan fingerprint density at radius 1 is 0.333 bits per heavy atom. The Hall–Kier alpha value is -6.84. The van der Waals surface area contributed by atoms with E-state index in [2.05, 4.69) is 175 Å². The van der Waals surface area contributed by atoms with Gasteiger partial charge in [-0.25, -0.2) is 0 Å². The highest BCUT2D eigenvalue weighted by Crippen LogP contribution is 2.48. The molecule has 0 aliphatic rings. The molecule has 0 saturated carbocycles. The van der Waals surface area contributed by atoms with Gasteiger partial charge in [0.05, 0.1) is 11.4 Å². The topological polar surface area (TPSA) is 29.5 Å². The molecule has 0 spiro atoms. The molecule has 51 heavy (non-hydrogen) atoms. The Morgan fingerprint density at radius 2 is 0.863 bits per heavy atom. The van der Waals surface area contributed by atoms with Crippen LogP contribution in [0, 0.1) is 0 Å². The van der Waals surface area contributed by atoms with E-state index in [1.54, 1.807) is 0 Å². The minimum atomic E-state index is 0.824. The summed E-state index contributed by atoms with van der Waals surface area (Å²) in [7, 11) is 0. The molecule has 2 aromatic heterocycles. The van der Waals surface area contributed by atoms with Crippen LogP contribution in [0.15, 0.2) is 197 Å². The first-order valence-corrected chi connectivity index (χ1v) is 17.3. The number of furan rings is 2. The first-order valence-electron chi connectivity index (χ1n) is 17.3. The highest BCUT2D eigenvalue weighted by atomic mass is 16.3. The SMILES string of the molecule is c1ccc(-c2cccc(-c3ccc(N(c4cccc5c4oc4ccccc45)c4ccc(-c5ccccc5)c5c4oc4ccccc45)cc3)c2)cc1. The second-order valence-electron chi connectivity index (χ2n) is 12.9. The van der Waals surface area contributed by atoms with Gasteiger partial charge in [0.2, 0.25) is 0 Å². The summed E-state index contributed by atoms with van der Waals surface area (Å²) in [5.41, 5.74) is 13.2. The Balaban J connectivity index is 1.20. The zero-order valence-electron chi connectivity index (χ0n) is 27.7. The van der Waals surface area contributed by atoms with Crippen molar-refractivity contribution in [3.05, 3.63) is 188 Å². The van der Waals surface area contributed by atoms with Gasteiger partial charge in [-0.15, -0.1) is 0 Å². The molecule has 3 nitrogen and oxygen atoms in total. The van der Waals surface area contributed by atoms with Crippen LogP contribution >= 0.6 is 0 Å². The molecule has 0 fully saturated rings. The van der Waals surface area contributed by atoms with Gasteiger partial charge in [-0.1, -0.05) is 146 Å². The summed E-state index contributed by atoms with van der Waals surface area (Å²) in [6.07, 6.45) is 0. The maximum absolute atomic E-state index is 6.82. The van der Waals surface area contributed by atoms with Crippen LogP contribution in [-0.4, -0.2) is 0 Å². The number of benzene rings is 8. The van der Waals surface area contributed by atoms with Gasteiger partial charge < -0.3 is 13.7 Å². The fourth-order valence-corrected chi connectivity index (χ4v) is 7.48. The summed E-state index contributed by atoms with van der Waals surface area (Å²) in [6.45, 7) is 0. The van der Waals surface area contributed by atoms with Crippen LogP contribution in [0.4, 0.5) is 17.1 Å². The van der Waals surface area contributed by atoms with Crippen LogP contribution in [0.2, 0.25) is 0 Å². The van der Waals surface area contributed by atoms with Crippen molar-refractivity contribution in [2.24, 2.45) is 0 Å². The van der Waals surface area contributed by atoms with Gasteiger partial charge in [0.1, 0.15) is 11.2 Å². The molecule has 0 bridgehead atoms. The third-order valence-electron chi connectivity index (χ3n) is 9.88. The third-order valence-corrected chi connectivity index (χ3v) is 9.88. The predicted octanol–water partition coefficient (Wildman–Crippen LogP) is 14.0. The van der Waals surface area contributed by atoms with Gasteiger partial charge in [0, 0.05) is 27.2 Å². The Bertz CT molecular complexity index is 2850. The van der Waals surface area contributed by atoms with Gasteiger partial charge in [-0.05, 0) is 75.8 Å². The summed E-state index contributed by atoms with van der Waals surface area (Å²) in [5, 5.41) is 4.34. The Morgan fingerprint density at radius 3 is 1.61 bits per heavy atom. The highest BCUT2D eigenvalue weighted by molar-refractivity contribution is 6.18. The van der Waals surface area contributed by atoms with Crippen LogP contribution in [0.5, 0.6) is 0 Å².